The van der Waals surface area contributed by atoms with E-state index in [1.807, 2.05) is 6.92 Å². The largest absolute Gasteiger partial charge is 0.369 e. The van der Waals surface area contributed by atoms with E-state index in [1.165, 1.54) is 4.31 Å². The van der Waals surface area contributed by atoms with Crippen molar-refractivity contribution in [1.29, 1.82) is 0 Å². The van der Waals surface area contributed by atoms with Gasteiger partial charge in [-0.05, 0) is 13.8 Å². The Hall–Kier alpha value is -1.05. The molecule has 7 heteroatoms. The summed E-state index contributed by atoms with van der Waals surface area (Å²) in [5.74, 6) is 0.110. The Morgan fingerprint density at radius 2 is 2.22 bits per heavy atom. The van der Waals surface area contributed by atoms with Gasteiger partial charge in [-0.25, -0.2) is 8.42 Å². The molecule has 0 unspecified atom stereocenters. The fourth-order valence-electron chi connectivity index (χ4n) is 1.81. The smallest absolute Gasteiger partial charge is 0.214 e. The Balaban J connectivity index is 2.14. The number of sulfonamides is 1. The van der Waals surface area contributed by atoms with Gasteiger partial charge in [0.1, 0.15) is 6.10 Å². The summed E-state index contributed by atoms with van der Waals surface area (Å²) in [7, 11) is -3.17. The summed E-state index contributed by atoms with van der Waals surface area (Å²) in [4.78, 5) is 8.39. The van der Waals surface area contributed by atoms with Gasteiger partial charge in [-0.3, -0.25) is 9.97 Å². The van der Waals surface area contributed by atoms with Crippen molar-refractivity contribution in [2.24, 2.45) is 0 Å². The van der Waals surface area contributed by atoms with Crippen LogP contribution in [0.5, 0.6) is 0 Å². The predicted molar refractivity (Wildman–Crippen MR) is 66.5 cm³/mol. The van der Waals surface area contributed by atoms with Crippen LogP contribution >= 0.6 is 0 Å². The van der Waals surface area contributed by atoms with Crippen molar-refractivity contribution in [1.82, 2.24) is 14.3 Å². The lowest BCUT2D eigenvalue weighted by atomic mass is 10.2. The van der Waals surface area contributed by atoms with E-state index in [4.69, 9.17) is 4.74 Å². The Labute approximate surface area is 107 Å². The van der Waals surface area contributed by atoms with Crippen LogP contribution in [0.3, 0.4) is 0 Å². The molecular formula is C11H17N3O3S. The van der Waals surface area contributed by atoms with Crippen LogP contribution in [0.25, 0.3) is 0 Å². The second kappa shape index (κ2) is 5.29. The second-order valence-electron chi connectivity index (χ2n) is 4.20. The summed E-state index contributed by atoms with van der Waals surface area (Å²) in [5.41, 5.74) is 1.50. The molecule has 1 aliphatic rings. The van der Waals surface area contributed by atoms with Crippen LogP contribution in [0.15, 0.2) is 12.4 Å². The van der Waals surface area contributed by atoms with Gasteiger partial charge in [-0.1, -0.05) is 0 Å². The molecule has 0 amide bonds. The van der Waals surface area contributed by atoms with E-state index in [9.17, 15) is 8.42 Å². The zero-order valence-electron chi connectivity index (χ0n) is 10.5. The molecule has 1 aromatic heterocycles. The number of nitrogens with zero attached hydrogens (tertiary/aromatic N) is 3. The Morgan fingerprint density at radius 1 is 1.44 bits per heavy atom. The molecule has 0 N–H and O–H groups in total. The number of aromatic nitrogens is 2. The van der Waals surface area contributed by atoms with Crippen molar-refractivity contribution in [3.63, 3.8) is 0 Å². The van der Waals surface area contributed by atoms with Gasteiger partial charge in [0, 0.05) is 19.3 Å². The number of ether oxygens (including phenoxy) is 1. The summed E-state index contributed by atoms with van der Waals surface area (Å²) in [6.07, 6.45) is 2.97. The molecule has 2 heterocycles. The standard InChI is InChI=1S/C11H17N3O3S/c1-3-18(15,16)14-4-5-17-11(8-14)10-7-12-9(2)6-13-10/h6-7,11H,3-5,8H2,1-2H3/t11-/m0/s1. The molecule has 1 aromatic rings. The highest BCUT2D eigenvalue weighted by molar-refractivity contribution is 7.89. The minimum Gasteiger partial charge on any atom is -0.369 e. The van der Waals surface area contributed by atoms with Gasteiger partial charge in [0.2, 0.25) is 10.0 Å². The van der Waals surface area contributed by atoms with Crippen molar-refractivity contribution in [3.8, 4) is 0 Å². The molecule has 0 aromatic carbocycles. The van der Waals surface area contributed by atoms with Crippen LogP contribution in [-0.4, -0.2) is 48.1 Å². The maximum atomic E-state index is 11.8. The lowest BCUT2D eigenvalue weighted by Gasteiger charge is -2.31. The Bertz CT molecular complexity index is 501. The Kier molecular flexibility index (Phi) is 3.94. The summed E-state index contributed by atoms with van der Waals surface area (Å²) < 4.78 is 30.7. The number of hydrogen-bond acceptors (Lipinski definition) is 5. The molecule has 1 aliphatic heterocycles. The van der Waals surface area contributed by atoms with Crippen LogP contribution in [0.4, 0.5) is 0 Å². The Morgan fingerprint density at radius 3 is 2.83 bits per heavy atom. The summed E-state index contributed by atoms with van der Waals surface area (Å²) in [6.45, 7) is 4.61. The minimum atomic E-state index is -3.17. The molecule has 2 rings (SSSR count). The van der Waals surface area contributed by atoms with Gasteiger partial charge in [-0.2, -0.15) is 4.31 Å². The SMILES string of the molecule is CCS(=O)(=O)N1CCO[C@H](c2cnc(C)cn2)C1. The first-order valence-electron chi connectivity index (χ1n) is 5.91. The summed E-state index contributed by atoms with van der Waals surface area (Å²) >= 11 is 0. The monoisotopic (exact) mass is 271 g/mol. The first-order chi connectivity index (χ1) is 8.53. The van der Waals surface area contributed by atoms with E-state index < -0.39 is 10.0 Å². The van der Waals surface area contributed by atoms with Crippen molar-refractivity contribution in [2.45, 2.75) is 20.0 Å². The lowest BCUT2D eigenvalue weighted by molar-refractivity contribution is -0.00511. The van der Waals surface area contributed by atoms with Crippen LogP contribution in [0, 0.1) is 6.92 Å². The molecular weight excluding hydrogens is 254 g/mol. The number of aryl methyl sites for hydroxylation is 1. The molecule has 6 nitrogen and oxygen atoms in total. The number of morpholine rings is 1. The van der Waals surface area contributed by atoms with Crippen molar-refractivity contribution >= 4 is 10.0 Å². The normalized spacial score (nSPS) is 22.0. The van der Waals surface area contributed by atoms with Gasteiger partial charge in [0.25, 0.3) is 0 Å². The zero-order valence-corrected chi connectivity index (χ0v) is 11.4. The van der Waals surface area contributed by atoms with Crippen molar-refractivity contribution in [3.05, 3.63) is 23.8 Å². The fourth-order valence-corrected chi connectivity index (χ4v) is 2.89. The third kappa shape index (κ3) is 2.85. The molecule has 0 saturated carbocycles. The highest BCUT2D eigenvalue weighted by atomic mass is 32.2. The van der Waals surface area contributed by atoms with E-state index in [0.29, 0.717) is 25.4 Å². The number of hydrogen-bond donors (Lipinski definition) is 0. The summed E-state index contributed by atoms with van der Waals surface area (Å²) in [6, 6.07) is 0. The fraction of sp³-hybridized carbons (Fsp3) is 0.636. The second-order valence-corrected chi connectivity index (χ2v) is 6.46. The molecule has 1 saturated heterocycles. The molecule has 0 radical (unpaired) electrons. The molecule has 1 atom stereocenters. The van der Waals surface area contributed by atoms with Crippen LogP contribution in [-0.2, 0) is 14.8 Å². The van der Waals surface area contributed by atoms with Crippen molar-refractivity contribution < 1.29 is 13.2 Å². The van der Waals surface area contributed by atoms with E-state index in [-0.39, 0.29) is 11.9 Å². The minimum absolute atomic E-state index is 0.110. The van der Waals surface area contributed by atoms with Gasteiger partial charge >= 0.3 is 0 Å². The predicted octanol–water partition coefficient (Wildman–Crippen LogP) is 0.508. The van der Waals surface area contributed by atoms with Gasteiger partial charge in [0.15, 0.2) is 0 Å². The first kappa shape index (κ1) is 13.4. The van der Waals surface area contributed by atoms with E-state index in [2.05, 4.69) is 9.97 Å². The number of rotatable bonds is 3. The molecule has 100 valence electrons. The maximum absolute atomic E-state index is 11.8. The van der Waals surface area contributed by atoms with Gasteiger partial charge < -0.3 is 4.74 Å². The van der Waals surface area contributed by atoms with Crippen LogP contribution in [0.2, 0.25) is 0 Å². The molecule has 1 fully saturated rings. The first-order valence-corrected chi connectivity index (χ1v) is 7.52. The highest BCUT2D eigenvalue weighted by Crippen LogP contribution is 2.21. The van der Waals surface area contributed by atoms with Crippen LogP contribution in [0.1, 0.15) is 24.4 Å². The third-order valence-corrected chi connectivity index (χ3v) is 4.77. The zero-order chi connectivity index (χ0) is 13.2. The highest BCUT2D eigenvalue weighted by Gasteiger charge is 2.29. The molecule has 18 heavy (non-hydrogen) atoms. The average molecular weight is 271 g/mol. The maximum Gasteiger partial charge on any atom is 0.214 e. The average Bonchev–Trinajstić information content (AvgIpc) is 2.40. The van der Waals surface area contributed by atoms with Gasteiger partial charge in [-0.15, -0.1) is 0 Å². The van der Waals surface area contributed by atoms with Crippen LogP contribution < -0.4 is 0 Å². The van der Waals surface area contributed by atoms with Gasteiger partial charge in [0.05, 0.1) is 29.9 Å². The molecule has 0 bridgehead atoms. The van der Waals surface area contributed by atoms with Crippen molar-refractivity contribution in [2.75, 3.05) is 25.4 Å². The van der Waals surface area contributed by atoms with E-state index in [0.717, 1.165) is 5.69 Å². The topological polar surface area (TPSA) is 72.4 Å². The van der Waals surface area contributed by atoms with E-state index in [1.54, 1.807) is 19.3 Å². The summed E-state index contributed by atoms with van der Waals surface area (Å²) in [5, 5.41) is 0. The lowest BCUT2D eigenvalue weighted by Crippen LogP contribution is -2.43. The molecule has 0 aliphatic carbocycles. The van der Waals surface area contributed by atoms with E-state index >= 15 is 0 Å². The third-order valence-electron chi connectivity index (χ3n) is 2.92. The quantitative estimate of drug-likeness (QED) is 0.801. The molecule has 0 spiro atoms.